The molecule has 0 bridgehead atoms. The highest BCUT2D eigenvalue weighted by atomic mass is 79.9. The molecule has 3 nitrogen and oxygen atoms in total. The molecule has 1 aliphatic carbocycles. The van der Waals surface area contributed by atoms with Crippen LogP contribution >= 0.6 is 15.9 Å². The normalized spacial score (nSPS) is 16.1. The first kappa shape index (κ1) is 12.6. The molecule has 19 heavy (non-hydrogen) atoms. The molecule has 2 aromatic rings. The number of halogens is 1. The zero-order valence-corrected chi connectivity index (χ0v) is 12.4. The maximum atomic E-state index is 4.70. The van der Waals surface area contributed by atoms with Crippen LogP contribution in [0.15, 0.2) is 41.0 Å². The molecule has 1 aromatic heterocycles. The third kappa shape index (κ3) is 2.25. The molecule has 0 radical (unpaired) electrons. The van der Waals surface area contributed by atoms with Gasteiger partial charge in [-0.3, -0.25) is 0 Å². The van der Waals surface area contributed by atoms with Crippen LogP contribution in [-0.4, -0.2) is 16.5 Å². The molecule has 0 unspecified atom stereocenters. The van der Waals surface area contributed by atoms with Crippen LogP contribution in [0.2, 0.25) is 0 Å². The first-order valence-corrected chi connectivity index (χ1v) is 7.38. The molecule has 1 saturated carbocycles. The Balaban J connectivity index is 2.01. The lowest BCUT2D eigenvalue weighted by molar-refractivity contribution is 0.753. The van der Waals surface area contributed by atoms with Gasteiger partial charge in [0.25, 0.3) is 0 Å². The van der Waals surface area contributed by atoms with Crippen LogP contribution in [0.5, 0.6) is 0 Å². The van der Waals surface area contributed by atoms with E-state index in [0.717, 1.165) is 35.5 Å². The molecule has 1 aromatic carbocycles. The summed E-state index contributed by atoms with van der Waals surface area (Å²) in [6, 6.07) is 10.6. The van der Waals surface area contributed by atoms with Crippen molar-refractivity contribution in [3.63, 3.8) is 0 Å². The van der Waals surface area contributed by atoms with Crippen LogP contribution in [0.1, 0.15) is 31.2 Å². The average Bonchev–Trinajstić information content (AvgIpc) is 3.24. The predicted molar refractivity (Wildman–Crippen MR) is 80.4 cm³/mol. The van der Waals surface area contributed by atoms with Gasteiger partial charge in [-0.1, -0.05) is 30.3 Å². The van der Waals surface area contributed by atoms with Crippen LogP contribution in [0, 0.1) is 0 Å². The summed E-state index contributed by atoms with van der Waals surface area (Å²) in [5, 5.41) is 3.27. The fourth-order valence-electron chi connectivity index (χ4n) is 2.41. The molecule has 98 valence electrons. The molecular weight excluding hydrogens is 302 g/mol. The highest BCUT2D eigenvalue weighted by Crippen LogP contribution is 2.52. The highest BCUT2D eigenvalue weighted by molar-refractivity contribution is 9.10. The molecule has 4 heteroatoms. The summed E-state index contributed by atoms with van der Waals surface area (Å²) in [7, 11) is 0. The van der Waals surface area contributed by atoms with Gasteiger partial charge in [0.1, 0.15) is 11.6 Å². The van der Waals surface area contributed by atoms with Crippen molar-refractivity contribution in [2.75, 3.05) is 11.9 Å². The number of benzene rings is 1. The predicted octanol–water partition coefficient (Wildman–Crippen LogP) is 3.75. The van der Waals surface area contributed by atoms with Crippen molar-refractivity contribution in [1.82, 2.24) is 9.97 Å². The highest BCUT2D eigenvalue weighted by Gasteiger charge is 2.48. The van der Waals surface area contributed by atoms with Crippen molar-refractivity contribution in [3.05, 3.63) is 52.4 Å². The largest absolute Gasteiger partial charge is 0.369 e. The first-order valence-electron chi connectivity index (χ1n) is 6.59. The van der Waals surface area contributed by atoms with Gasteiger partial charge in [0.15, 0.2) is 0 Å². The zero-order chi connectivity index (χ0) is 13.3. The van der Waals surface area contributed by atoms with E-state index < -0.39 is 0 Å². The maximum Gasteiger partial charge on any atom is 0.144 e. The number of hydrogen-bond donors (Lipinski definition) is 1. The van der Waals surface area contributed by atoms with Crippen LogP contribution < -0.4 is 5.32 Å². The Labute approximate surface area is 121 Å². The molecule has 0 aliphatic heterocycles. The lowest BCUT2D eigenvalue weighted by Crippen LogP contribution is -2.15. The number of aromatic nitrogens is 2. The van der Waals surface area contributed by atoms with Crippen molar-refractivity contribution < 1.29 is 0 Å². The third-order valence-corrected chi connectivity index (χ3v) is 4.17. The Morgan fingerprint density at radius 1 is 1.26 bits per heavy atom. The minimum absolute atomic E-state index is 0.0339. The second-order valence-electron chi connectivity index (χ2n) is 4.87. The SMILES string of the molecule is CCNc1nc(C2(c3ccccc3)CC2)ncc1Br. The molecule has 0 amide bonds. The van der Waals surface area contributed by atoms with Crippen molar-refractivity contribution in [3.8, 4) is 0 Å². The quantitative estimate of drug-likeness (QED) is 0.933. The molecule has 0 saturated heterocycles. The molecule has 0 atom stereocenters. The third-order valence-electron chi connectivity index (χ3n) is 3.59. The Morgan fingerprint density at radius 2 is 2.00 bits per heavy atom. The van der Waals surface area contributed by atoms with Gasteiger partial charge in [-0.25, -0.2) is 9.97 Å². The van der Waals surface area contributed by atoms with Gasteiger partial charge >= 0.3 is 0 Å². The van der Waals surface area contributed by atoms with Crippen molar-refractivity contribution in [2.24, 2.45) is 0 Å². The van der Waals surface area contributed by atoms with E-state index in [2.05, 4.69) is 57.4 Å². The lowest BCUT2D eigenvalue weighted by atomic mass is 9.95. The van der Waals surface area contributed by atoms with Crippen molar-refractivity contribution in [2.45, 2.75) is 25.2 Å². The van der Waals surface area contributed by atoms with Crippen LogP contribution in [0.4, 0.5) is 5.82 Å². The van der Waals surface area contributed by atoms with E-state index >= 15 is 0 Å². The Hall–Kier alpha value is -1.42. The van der Waals surface area contributed by atoms with E-state index in [4.69, 9.17) is 4.98 Å². The van der Waals surface area contributed by atoms with Gasteiger partial charge in [-0.05, 0) is 41.3 Å². The summed E-state index contributed by atoms with van der Waals surface area (Å²) in [5.41, 5.74) is 1.35. The molecule has 1 aliphatic rings. The monoisotopic (exact) mass is 317 g/mol. The number of anilines is 1. The van der Waals surface area contributed by atoms with Crippen molar-refractivity contribution >= 4 is 21.7 Å². The fourth-order valence-corrected chi connectivity index (χ4v) is 2.74. The van der Waals surface area contributed by atoms with E-state index in [9.17, 15) is 0 Å². The number of nitrogens with one attached hydrogen (secondary N) is 1. The summed E-state index contributed by atoms with van der Waals surface area (Å²) < 4.78 is 0.918. The second-order valence-corrected chi connectivity index (χ2v) is 5.72. The van der Waals surface area contributed by atoms with Gasteiger partial charge < -0.3 is 5.32 Å². The maximum absolute atomic E-state index is 4.70. The fraction of sp³-hybridized carbons (Fsp3) is 0.333. The Morgan fingerprint density at radius 3 is 2.63 bits per heavy atom. The molecule has 1 N–H and O–H groups in total. The van der Waals surface area contributed by atoms with Gasteiger partial charge in [-0.2, -0.15) is 0 Å². The molecular formula is C15H16BrN3. The van der Waals surface area contributed by atoms with Crippen LogP contribution in [-0.2, 0) is 5.41 Å². The van der Waals surface area contributed by atoms with E-state index in [-0.39, 0.29) is 5.41 Å². The Kier molecular flexibility index (Phi) is 3.27. The smallest absolute Gasteiger partial charge is 0.144 e. The number of rotatable bonds is 4. The minimum atomic E-state index is 0.0339. The van der Waals surface area contributed by atoms with Gasteiger partial charge in [0.05, 0.1) is 9.89 Å². The van der Waals surface area contributed by atoms with Crippen molar-refractivity contribution in [1.29, 1.82) is 0 Å². The summed E-state index contributed by atoms with van der Waals surface area (Å²) in [6.45, 7) is 2.92. The van der Waals surface area contributed by atoms with Crippen LogP contribution in [0.25, 0.3) is 0 Å². The number of nitrogens with zero attached hydrogens (tertiary/aromatic N) is 2. The second kappa shape index (κ2) is 4.93. The molecule has 3 rings (SSSR count). The summed E-state index contributed by atoms with van der Waals surface area (Å²) >= 11 is 3.49. The number of hydrogen-bond acceptors (Lipinski definition) is 3. The standard InChI is InChI=1S/C15H16BrN3/c1-2-17-13-12(16)10-18-14(19-13)15(8-9-15)11-6-4-3-5-7-11/h3-7,10H,2,8-9H2,1H3,(H,17,18,19). The van der Waals surface area contributed by atoms with Gasteiger partial charge in [-0.15, -0.1) is 0 Å². The summed E-state index contributed by atoms with van der Waals surface area (Å²) in [6.07, 6.45) is 4.11. The lowest BCUT2D eigenvalue weighted by Gasteiger charge is -2.16. The minimum Gasteiger partial charge on any atom is -0.369 e. The van der Waals surface area contributed by atoms with Gasteiger partial charge in [0, 0.05) is 12.7 Å². The van der Waals surface area contributed by atoms with E-state index in [1.54, 1.807) is 0 Å². The summed E-state index contributed by atoms with van der Waals surface area (Å²) in [4.78, 5) is 9.24. The average molecular weight is 318 g/mol. The zero-order valence-electron chi connectivity index (χ0n) is 10.9. The topological polar surface area (TPSA) is 37.8 Å². The van der Waals surface area contributed by atoms with E-state index in [0.29, 0.717) is 0 Å². The van der Waals surface area contributed by atoms with Crippen LogP contribution in [0.3, 0.4) is 0 Å². The molecule has 1 heterocycles. The van der Waals surface area contributed by atoms with E-state index in [1.807, 2.05) is 12.3 Å². The summed E-state index contributed by atoms with van der Waals surface area (Å²) in [5.74, 6) is 1.81. The van der Waals surface area contributed by atoms with E-state index in [1.165, 1.54) is 5.56 Å². The molecule has 1 fully saturated rings. The van der Waals surface area contributed by atoms with Gasteiger partial charge in [0.2, 0.25) is 0 Å². The molecule has 0 spiro atoms. The first-order chi connectivity index (χ1) is 9.26. The Bertz CT molecular complexity index is 579.